The summed E-state index contributed by atoms with van der Waals surface area (Å²) in [7, 11) is -1.89. The Kier molecular flexibility index (Phi) is 9.79. The van der Waals surface area contributed by atoms with Crippen molar-refractivity contribution in [3.63, 3.8) is 0 Å². The summed E-state index contributed by atoms with van der Waals surface area (Å²) in [6.07, 6.45) is 1.39. The van der Waals surface area contributed by atoms with Crippen molar-refractivity contribution in [3.05, 3.63) is 66.0 Å². The van der Waals surface area contributed by atoms with Crippen LogP contribution in [0.1, 0.15) is 16.1 Å². The second-order valence-electron chi connectivity index (χ2n) is 7.51. The van der Waals surface area contributed by atoms with Crippen LogP contribution in [0.15, 0.2) is 64.8 Å². The van der Waals surface area contributed by atoms with Crippen LogP contribution in [-0.4, -0.2) is 88.4 Å². The topological polar surface area (TPSA) is 153 Å². The first-order valence-electron chi connectivity index (χ1n) is 10.6. The van der Waals surface area contributed by atoms with Crippen molar-refractivity contribution in [2.45, 2.75) is 22.4 Å². The molecule has 1 unspecified atom stereocenters. The Bertz CT molecular complexity index is 1620. The molecule has 0 radical (unpaired) electrons. The zero-order valence-electron chi connectivity index (χ0n) is 19.7. The van der Waals surface area contributed by atoms with Crippen molar-refractivity contribution >= 4 is 67.8 Å². The molecule has 0 saturated carbocycles. The van der Waals surface area contributed by atoms with Gasteiger partial charge in [0.25, 0.3) is 10.0 Å². The van der Waals surface area contributed by atoms with Gasteiger partial charge in [0, 0.05) is 29.5 Å². The molecule has 0 spiro atoms. The van der Waals surface area contributed by atoms with Crippen LogP contribution in [0.5, 0.6) is 17.2 Å². The average Bonchev–Trinajstić information content (AvgIpc) is 3.28. The Labute approximate surface area is 246 Å². The number of halogens is 2. The average molecular weight is 592 g/mol. The summed E-state index contributed by atoms with van der Waals surface area (Å²) < 4.78 is 82.4. The third-order valence-corrected chi connectivity index (χ3v) is 8.27. The summed E-state index contributed by atoms with van der Waals surface area (Å²) in [6.45, 7) is -3.19. The number of methoxy groups -OCH3 is 2. The maximum atomic E-state index is 13.8. The van der Waals surface area contributed by atoms with E-state index >= 15 is 0 Å². The van der Waals surface area contributed by atoms with Gasteiger partial charge in [0.1, 0.15) is 11.4 Å². The molecule has 2 heterocycles. The molecule has 4 aromatic rings. The molecule has 39 heavy (non-hydrogen) atoms. The summed E-state index contributed by atoms with van der Waals surface area (Å²) in [5.74, 6) is -1.61. The van der Waals surface area contributed by atoms with Crippen LogP contribution < -0.4 is 14.2 Å². The molecular formula is C23H20F2N3NaO8S2. The number of hydrogen-bond acceptors (Lipinski definition) is 9. The number of alkyl halides is 2. The molecule has 4 rings (SSSR count). The molecule has 0 amide bonds. The Hall–Kier alpha value is -2.95. The van der Waals surface area contributed by atoms with Crippen LogP contribution >= 0.6 is 0 Å². The number of aromatic carboxylic acids is 1. The molecule has 0 aliphatic heterocycles. The van der Waals surface area contributed by atoms with E-state index in [-0.39, 0.29) is 69.1 Å². The van der Waals surface area contributed by atoms with Gasteiger partial charge in [0.2, 0.25) is 0 Å². The van der Waals surface area contributed by atoms with Gasteiger partial charge < -0.3 is 23.9 Å². The molecule has 11 nitrogen and oxygen atoms in total. The molecule has 2 aromatic heterocycles. The van der Waals surface area contributed by atoms with E-state index < -0.39 is 43.8 Å². The summed E-state index contributed by atoms with van der Waals surface area (Å²) in [5, 5.41) is 8.86. The van der Waals surface area contributed by atoms with Crippen molar-refractivity contribution in [3.8, 4) is 17.2 Å². The fourth-order valence-corrected chi connectivity index (χ4v) is 6.60. The van der Waals surface area contributed by atoms with Crippen molar-refractivity contribution in [1.29, 1.82) is 0 Å². The number of aromatic nitrogens is 3. The van der Waals surface area contributed by atoms with Gasteiger partial charge in [0.15, 0.2) is 17.3 Å². The minimum atomic E-state index is -4.64. The van der Waals surface area contributed by atoms with Crippen molar-refractivity contribution < 1.29 is 45.9 Å². The molecule has 1 atom stereocenters. The normalized spacial score (nSPS) is 12.2. The maximum absolute atomic E-state index is 13.8. The number of nitrogens with zero attached hydrogens (tertiary/aromatic N) is 3. The zero-order chi connectivity index (χ0) is 27.6. The number of pyridine rings is 1. The third kappa shape index (κ3) is 6.28. The molecule has 0 aliphatic rings. The number of carboxylic acids is 1. The number of hydrogen-bond donors (Lipinski definition) is 1. The Morgan fingerprint density at radius 1 is 1.15 bits per heavy atom. The van der Waals surface area contributed by atoms with E-state index in [1.807, 2.05) is 0 Å². The van der Waals surface area contributed by atoms with Gasteiger partial charge >= 0.3 is 47.3 Å². The molecule has 202 valence electrons. The number of carboxylic acid groups (broad SMARTS) is 1. The van der Waals surface area contributed by atoms with Gasteiger partial charge in [-0.05, 0) is 30.3 Å². The Morgan fingerprint density at radius 3 is 2.54 bits per heavy atom. The second kappa shape index (κ2) is 12.5. The number of imidazole rings is 1. The molecule has 16 heteroatoms. The van der Waals surface area contributed by atoms with Crippen molar-refractivity contribution in [2.75, 3.05) is 14.2 Å². The molecule has 0 bridgehead atoms. The fourth-order valence-electron chi connectivity index (χ4n) is 3.60. The summed E-state index contributed by atoms with van der Waals surface area (Å²) >= 11 is -2.18. The molecule has 0 saturated heterocycles. The van der Waals surface area contributed by atoms with Gasteiger partial charge in [-0.2, -0.15) is 17.7 Å². The minimum absolute atomic E-state index is 0. The summed E-state index contributed by atoms with van der Waals surface area (Å²) in [4.78, 5) is 19.3. The molecular weight excluding hydrogens is 571 g/mol. The van der Waals surface area contributed by atoms with Gasteiger partial charge in [-0.3, -0.25) is 4.98 Å². The fraction of sp³-hybridized carbons (Fsp3) is 0.174. The van der Waals surface area contributed by atoms with E-state index in [2.05, 4.69) is 14.7 Å². The van der Waals surface area contributed by atoms with Crippen LogP contribution in [0.4, 0.5) is 8.78 Å². The van der Waals surface area contributed by atoms with Gasteiger partial charge in [-0.25, -0.2) is 13.2 Å². The van der Waals surface area contributed by atoms with Crippen LogP contribution in [-0.2, 0) is 27.0 Å². The van der Waals surface area contributed by atoms with E-state index in [1.54, 1.807) is 0 Å². The third-order valence-electron chi connectivity index (χ3n) is 5.24. The van der Waals surface area contributed by atoms with Crippen LogP contribution in [0.3, 0.4) is 0 Å². The van der Waals surface area contributed by atoms with Gasteiger partial charge in [0.05, 0.1) is 35.7 Å². The number of carbonyl (C=O) groups is 1. The van der Waals surface area contributed by atoms with E-state index in [4.69, 9.17) is 9.47 Å². The predicted octanol–water partition coefficient (Wildman–Crippen LogP) is 2.64. The first kappa shape index (κ1) is 30.6. The number of rotatable bonds is 10. The first-order valence-corrected chi connectivity index (χ1v) is 13.3. The van der Waals surface area contributed by atoms with Gasteiger partial charge in [-0.1, -0.05) is 6.07 Å². The van der Waals surface area contributed by atoms with E-state index in [1.165, 1.54) is 44.7 Å². The van der Waals surface area contributed by atoms with Crippen molar-refractivity contribution in [2.24, 2.45) is 0 Å². The van der Waals surface area contributed by atoms with Crippen LogP contribution in [0.25, 0.3) is 11.0 Å². The molecule has 0 aliphatic carbocycles. The first-order chi connectivity index (χ1) is 18.1. The Balaban J connectivity index is 0.00000420. The van der Waals surface area contributed by atoms with Gasteiger partial charge in [-0.15, -0.1) is 0 Å². The molecule has 0 fully saturated rings. The van der Waals surface area contributed by atoms with E-state index in [0.29, 0.717) is 9.72 Å². The Morgan fingerprint density at radius 2 is 1.90 bits per heavy atom. The zero-order valence-corrected chi connectivity index (χ0v) is 21.3. The molecule has 1 N–H and O–H groups in total. The quantitative estimate of drug-likeness (QED) is 0.215. The summed E-state index contributed by atoms with van der Waals surface area (Å²) in [5.41, 5.74) is -0.336. The second-order valence-corrected chi connectivity index (χ2v) is 10.6. The number of ether oxygens (including phenoxy) is 3. The SMILES string of the molecule is COc1ccnc(C[S+]([O-])c2nc3ccc(OC(F)F)cc3n2S(=O)(=O)c2cccc(C(=O)O)c2)c1OC.[NaH]. The molecule has 2 aromatic carbocycles. The number of benzene rings is 2. The van der Waals surface area contributed by atoms with Crippen molar-refractivity contribution in [1.82, 2.24) is 13.9 Å². The van der Waals surface area contributed by atoms with Crippen LogP contribution in [0.2, 0.25) is 0 Å². The predicted molar refractivity (Wildman–Crippen MR) is 137 cm³/mol. The van der Waals surface area contributed by atoms with E-state index in [0.717, 1.165) is 24.3 Å². The monoisotopic (exact) mass is 591 g/mol. The standard InChI is InChI=1S/C23H19F2N3O8S2.Na.H/c1-34-19-8-9-26-17(20(19)35-2)12-37(31)23-27-16-7-6-14(36-22(24)25)11-18(16)28(23)38(32,33)15-5-3-4-13(10-15)21(29)30;;/h3-11,22H,12H2,1-2H3,(H,29,30);;. The van der Waals surface area contributed by atoms with E-state index in [9.17, 15) is 31.7 Å². The number of fused-ring (bicyclic) bond motifs is 1. The summed E-state index contributed by atoms with van der Waals surface area (Å²) in [6, 6.07) is 9.41. The van der Waals surface area contributed by atoms with Crippen LogP contribution in [0, 0.1) is 0 Å².